The zero-order valence-corrected chi connectivity index (χ0v) is 12.7. The molecule has 2 aromatic carbocycles. The van der Waals surface area contributed by atoms with Crippen LogP contribution in [0.5, 0.6) is 5.75 Å². The third-order valence-electron chi connectivity index (χ3n) is 3.88. The summed E-state index contributed by atoms with van der Waals surface area (Å²) in [5.74, 6) is -0.904. The van der Waals surface area contributed by atoms with Crippen molar-refractivity contribution in [1.82, 2.24) is 0 Å². The Morgan fingerprint density at radius 1 is 1.22 bits per heavy atom. The maximum Gasteiger partial charge on any atom is 0.338 e. The largest absolute Gasteiger partial charge is 0.508 e. The Labute approximate surface area is 134 Å². The van der Waals surface area contributed by atoms with Crippen molar-refractivity contribution in [2.45, 2.75) is 19.4 Å². The van der Waals surface area contributed by atoms with Gasteiger partial charge in [-0.3, -0.25) is 4.79 Å². The summed E-state index contributed by atoms with van der Waals surface area (Å²) in [6.45, 7) is 1.64. The van der Waals surface area contributed by atoms with Crippen LogP contribution in [0.1, 0.15) is 22.8 Å². The molecule has 0 spiro atoms. The molecule has 5 heteroatoms. The number of amides is 1. The highest BCUT2D eigenvalue weighted by Gasteiger charge is 2.30. The lowest BCUT2D eigenvalue weighted by Crippen LogP contribution is -2.38. The molecule has 0 bridgehead atoms. The van der Waals surface area contributed by atoms with Gasteiger partial charge in [0.1, 0.15) is 5.75 Å². The Bertz CT molecular complexity index is 756. The second-order valence-corrected chi connectivity index (χ2v) is 5.57. The van der Waals surface area contributed by atoms with Crippen LogP contribution in [-0.4, -0.2) is 29.6 Å². The molecule has 5 nitrogen and oxygen atoms in total. The summed E-state index contributed by atoms with van der Waals surface area (Å²) in [6.07, 6.45) is 0.794. The summed E-state index contributed by atoms with van der Waals surface area (Å²) in [7, 11) is 0. The van der Waals surface area contributed by atoms with E-state index >= 15 is 0 Å². The average Bonchev–Trinajstić information content (AvgIpc) is 2.88. The Hall–Kier alpha value is -2.82. The minimum atomic E-state index is -0.630. The first-order chi connectivity index (χ1) is 11.1. The van der Waals surface area contributed by atoms with E-state index in [2.05, 4.69) is 0 Å². The van der Waals surface area contributed by atoms with Crippen molar-refractivity contribution < 1.29 is 19.4 Å². The number of hydrogen-bond donors (Lipinski definition) is 1. The van der Waals surface area contributed by atoms with Crippen molar-refractivity contribution in [3.05, 3.63) is 59.7 Å². The van der Waals surface area contributed by atoms with E-state index in [0.717, 1.165) is 17.7 Å². The number of para-hydroxylation sites is 1. The van der Waals surface area contributed by atoms with Crippen LogP contribution in [0.3, 0.4) is 0 Å². The molecule has 1 amide bonds. The molecule has 0 saturated carbocycles. The average molecular weight is 311 g/mol. The van der Waals surface area contributed by atoms with Gasteiger partial charge in [0.2, 0.25) is 0 Å². The molecule has 3 rings (SSSR count). The number of aromatic hydroxyl groups is 1. The number of anilines is 1. The molecule has 1 aliphatic heterocycles. The molecule has 0 aromatic heterocycles. The normalized spacial score (nSPS) is 16.0. The maximum atomic E-state index is 12.4. The maximum absolute atomic E-state index is 12.4. The van der Waals surface area contributed by atoms with Gasteiger partial charge in [0, 0.05) is 11.7 Å². The van der Waals surface area contributed by atoms with E-state index in [1.165, 1.54) is 18.2 Å². The molecule has 2 aromatic rings. The molecule has 0 fully saturated rings. The third kappa shape index (κ3) is 3.04. The fourth-order valence-corrected chi connectivity index (χ4v) is 2.86. The van der Waals surface area contributed by atoms with Crippen molar-refractivity contribution in [1.29, 1.82) is 0 Å². The highest BCUT2D eigenvalue weighted by Crippen LogP contribution is 2.31. The molecule has 23 heavy (non-hydrogen) atoms. The van der Waals surface area contributed by atoms with Crippen LogP contribution in [0, 0.1) is 0 Å². The van der Waals surface area contributed by atoms with E-state index in [4.69, 9.17) is 4.74 Å². The monoisotopic (exact) mass is 311 g/mol. The van der Waals surface area contributed by atoms with Gasteiger partial charge in [0.05, 0.1) is 5.56 Å². The van der Waals surface area contributed by atoms with Crippen LogP contribution in [-0.2, 0) is 16.0 Å². The van der Waals surface area contributed by atoms with Crippen molar-refractivity contribution in [3.63, 3.8) is 0 Å². The third-order valence-corrected chi connectivity index (χ3v) is 3.88. The minimum Gasteiger partial charge on any atom is -0.508 e. The second kappa shape index (κ2) is 6.12. The van der Waals surface area contributed by atoms with Crippen LogP contribution in [0.25, 0.3) is 0 Å². The van der Waals surface area contributed by atoms with Crippen LogP contribution in [0.15, 0.2) is 48.5 Å². The Morgan fingerprint density at radius 2 is 2.00 bits per heavy atom. The van der Waals surface area contributed by atoms with E-state index in [1.807, 2.05) is 31.2 Å². The number of phenols is 1. The molecule has 0 aliphatic carbocycles. The zero-order valence-electron chi connectivity index (χ0n) is 12.7. The SMILES string of the molecule is CC1Cc2ccccc2N1C(=O)COC(=O)c1cccc(O)c1. The number of esters is 1. The van der Waals surface area contributed by atoms with Crippen LogP contribution >= 0.6 is 0 Å². The molecule has 0 saturated heterocycles. The summed E-state index contributed by atoms with van der Waals surface area (Å²) in [5.41, 5.74) is 2.21. The van der Waals surface area contributed by atoms with Gasteiger partial charge in [0.25, 0.3) is 5.91 Å². The van der Waals surface area contributed by atoms with Gasteiger partial charge < -0.3 is 14.7 Å². The highest BCUT2D eigenvalue weighted by molar-refractivity contribution is 5.99. The molecule has 1 atom stereocenters. The van der Waals surface area contributed by atoms with Crippen molar-refractivity contribution in [3.8, 4) is 5.75 Å². The highest BCUT2D eigenvalue weighted by atomic mass is 16.5. The van der Waals surface area contributed by atoms with Crippen molar-refractivity contribution >= 4 is 17.6 Å². The van der Waals surface area contributed by atoms with Crippen LogP contribution < -0.4 is 4.90 Å². The number of nitrogens with zero attached hydrogens (tertiary/aromatic N) is 1. The lowest BCUT2D eigenvalue weighted by atomic mass is 10.1. The van der Waals surface area contributed by atoms with E-state index in [0.29, 0.717) is 0 Å². The fraction of sp³-hybridized carbons (Fsp3) is 0.222. The molecular weight excluding hydrogens is 294 g/mol. The summed E-state index contributed by atoms with van der Waals surface area (Å²) in [5, 5.41) is 9.37. The molecule has 1 aliphatic rings. The molecule has 118 valence electrons. The predicted molar refractivity (Wildman–Crippen MR) is 85.5 cm³/mol. The number of phenolic OH excluding ortho intramolecular Hbond substituents is 1. The first-order valence-corrected chi connectivity index (χ1v) is 7.42. The molecule has 0 radical (unpaired) electrons. The number of fused-ring (bicyclic) bond motifs is 1. The van der Waals surface area contributed by atoms with E-state index in [1.54, 1.807) is 11.0 Å². The smallest absolute Gasteiger partial charge is 0.338 e. The summed E-state index contributed by atoms with van der Waals surface area (Å²) in [6, 6.07) is 13.6. The Balaban J connectivity index is 1.67. The predicted octanol–water partition coefficient (Wildman–Crippen LogP) is 2.53. The Morgan fingerprint density at radius 3 is 2.78 bits per heavy atom. The minimum absolute atomic E-state index is 0.0205. The number of rotatable bonds is 3. The van der Waals surface area contributed by atoms with Crippen LogP contribution in [0.2, 0.25) is 0 Å². The number of carbonyl (C=O) groups is 2. The first-order valence-electron chi connectivity index (χ1n) is 7.42. The number of hydrogen-bond acceptors (Lipinski definition) is 4. The summed E-state index contributed by atoms with van der Waals surface area (Å²) in [4.78, 5) is 26.0. The van der Waals surface area contributed by atoms with E-state index in [9.17, 15) is 14.7 Å². The van der Waals surface area contributed by atoms with Crippen LogP contribution in [0.4, 0.5) is 5.69 Å². The van der Waals surface area contributed by atoms with E-state index in [-0.39, 0.29) is 29.9 Å². The van der Waals surface area contributed by atoms with Gasteiger partial charge in [0.15, 0.2) is 6.61 Å². The quantitative estimate of drug-likeness (QED) is 0.885. The molecule has 1 N–H and O–H groups in total. The second-order valence-electron chi connectivity index (χ2n) is 5.57. The molecule has 1 unspecified atom stereocenters. The van der Waals surface area contributed by atoms with Crippen molar-refractivity contribution in [2.24, 2.45) is 0 Å². The Kier molecular flexibility index (Phi) is 4.02. The zero-order chi connectivity index (χ0) is 16.4. The number of ether oxygens (including phenoxy) is 1. The van der Waals surface area contributed by atoms with Gasteiger partial charge in [-0.25, -0.2) is 4.79 Å². The summed E-state index contributed by atoms with van der Waals surface area (Å²) >= 11 is 0. The fourth-order valence-electron chi connectivity index (χ4n) is 2.86. The lowest BCUT2D eigenvalue weighted by molar-refractivity contribution is -0.122. The van der Waals surface area contributed by atoms with Crippen molar-refractivity contribution in [2.75, 3.05) is 11.5 Å². The van der Waals surface area contributed by atoms with Gasteiger partial charge in [-0.05, 0) is 43.2 Å². The standard InChI is InChI=1S/C18H17NO4/c1-12-9-13-5-2-3-8-16(13)19(12)17(21)11-23-18(22)14-6-4-7-15(20)10-14/h2-8,10,12,20H,9,11H2,1H3. The van der Waals surface area contributed by atoms with Gasteiger partial charge in [-0.2, -0.15) is 0 Å². The summed E-state index contributed by atoms with van der Waals surface area (Å²) < 4.78 is 5.08. The lowest BCUT2D eigenvalue weighted by Gasteiger charge is -2.22. The van der Waals surface area contributed by atoms with Gasteiger partial charge >= 0.3 is 5.97 Å². The topological polar surface area (TPSA) is 66.8 Å². The first kappa shape index (κ1) is 15.1. The van der Waals surface area contributed by atoms with Gasteiger partial charge in [-0.1, -0.05) is 24.3 Å². The number of benzene rings is 2. The molecular formula is C18H17NO4. The number of carbonyl (C=O) groups excluding carboxylic acids is 2. The van der Waals surface area contributed by atoms with Gasteiger partial charge in [-0.15, -0.1) is 0 Å². The molecule has 1 heterocycles. The van der Waals surface area contributed by atoms with E-state index < -0.39 is 5.97 Å².